The van der Waals surface area contributed by atoms with Gasteiger partial charge in [0.15, 0.2) is 5.76 Å². The van der Waals surface area contributed by atoms with Crippen molar-refractivity contribution >= 4 is 5.91 Å². The van der Waals surface area contributed by atoms with Crippen LogP contribution in [0.5, 0.6) is 0 Å². The summed E-state index contributed by atoms with van der Waals surface area (Å²) in [4.78, 5) is 20.5. The molecule has 24 heavy (non-hydrogen) atoms. The minimum atomic E-state index is -0.871. The van der Waals surface area contributed by atoms with Gasteiger partial charge in [-0.15, -0.1) is 0 Å². The summed E-state index contributed by atoms with van der Waals surface area (Å²) >= 11 is 0. The molecule has 0 aromatic carbocycles. The van der Waals surface area contributed by atoms with Gasteiger partial charge >= 0.3 is 0 Å². The molecular weight excluding hydrogens is 311 g/mol. The summed E-state index contributed by atoms with van der Waals surface area (Å²) in [6.45, 7) is 3.25. The Labute approximate surface area is 140 Å². The zero-order valence-corrected chi connectivity index (χ0v) is 14.3. The highest BCUT2D eigenvalue weighted by Gasteiger charge is 2.34. The van der Waals surface area contributed by atoms with E-state index in [-0.39, 0.29) is 11.9 Å². The van der Waals surface area contributed by atoms with Gasteiger partial charge in [0, 0.05) is 51.2 Å². The van der Waals surface area contributed by atoms with Crippen LogP contribution >= 0.6 is 0 Å². The van der Waals surface area contributed by atoms with Crippen LogP contribution < -0.4 is 0 Å². The highest BCUT2D eigenvalue weighted by atomic mass is 19.1. The minimum Gasteiger partial charge on any atom is -0.459 e. The first-order chi connectivity index (χ1) is 11.5. The van der Waals surface area contributed by atoms with Crippen molar-refractivity contribution in [1.82, 2.24) is 19.4 Å². The first-order valence-corrected chi connectivity index (χ1v) is 8.09. The third-order valence-electron chi connectivity index (χ3n) is 4.63. The molecule has 130 valence electrons. The highest BCUT2D eigenvalue weighted by molar-refractivity contribution is 5.92. The number of rotatable bonds is 5. The molecular formula is C17H23FN4O2. The lowest BCUT2D eigenvalue weighted by Gasteiger charge is -2.27. The second-order valence-corrected chi connectivity index (χ2v) is 6.49. The van der Waals surface area contributed by atoms with Crippen LogP contribution in [-0.4, -0.2) is 57.6 Å². The predicted octanol–water partition coefficient (Wildman–Crippen LogP) is 2.01. The van der Waals surface area contributed by atoms with Crippen LogP contribution in [0.4, 0.5) is 4.39 Å². The van der Waals surface area contributed by atoms with Crippen molar-refractivity contribution in [2.45, 2.75) is 32.1 Å². The molecule has 2 aromatic rings. The number of carbonyl (C=O) groups excluding carboxylic acids is 1. The Balaban J connectivity index is 1.67. The van der Waals surface area contributed by atoms with Gasteiger partial charge in [0.05, 0.1) is 12.8 Å². The Hall–Kier alpha value is -2.15. The van der Waals surface area contributed by atoms with Crippen LogP contribution in [0.2, 0.25) is 0 Å². The Bertz CT molecular complexity index is 711. The summed E-state index contributed by atoms with van der Waals surface area (Å²) in [5.41, 5.74) is 0.812. The molecule has 3 rings (SSSR count). The second kappa shape index (κ2) is 6.76. The zero-order valence-electron chi connectivity index (χ0n) is 14.3. The maximum Gasteiger partial charge on any atom is 0.289 e. The van der Waals surface area contributed by atoms with Crippen LogP contribution in [-0.2, 0) is 13.6 Å². The zero-order chi connectivity index (χ0) is 17.3. The normalized spacial score (nSPS) is 21.3. The molecule has 6 nitrogen and oxygen atoms in total. The van der Waals surface area contributed by atoms with E-state index in [0.29, 0.717) is 31.8 Å². The van der Waals surface area contributed by atoms with Crippen LogP contribution in [0.3, 0.4) is 0 Å². The first-order valence-electron chi connectivity index (χ1n) is 8.09. The van der Waals surface area contributed by atoms with Crippen molar-refractivity contribution in [3.8, 4) is 0 Å². The summed E-state index contributed by atoms with van der Waals surface area (Å²) in [5.74, 6) is 1.07. The first kappa shape index (κ1) is 16.7. The fourth-order valence-electron chi connectivity index (χ4n) is 3.20. The quantitative estimate of drug-likeness (QED) is 0.839. The number of likely N-dealkylation sites (N-methyl/N-ethyl adjacent to an activating group) is 1. The molecule has 3 heterocycles. The fraction of sp³-hybridized carbons (Fsp3) is 0.529. The third kappa shape index (κ3) is 3.36. The highest BCUT2D eigenvalue weighted by Crippen LogP contribution is 2.23. The number of furan rings is 1. The van der Waals surface area contributed by atoms with Gasteiger partial charge in [0.2, 0.25) is 0 Å². The van der Waals surface area contributed by atoms with Gasteiger partial charge in [-0.2, -0.15) is 0 Å². The lowest BCUT2D eigenvalue weighted by Crippen LogP contribution is -2.41. The van der Waals surface area contributed by atoms with E-state index in [1.54, 1.807) is 24.2 Å². The SMILES string of the molecule is Cc1ccoc1C(=O)N(C)C[C@@H]1C[C@H](F)CN1Cc1nccn1C. The second-order valence-electron chi connectivity index (χ2n) is 6.49. The van der Waals surface area contributed by atoms with Crippen molar-refractivity contribution in [2.24, 2.45) is 7.05 Å². The molecule has 1 fully saturated rings. The molecule has 1 aliphatic rings. The summed E-state index contributed by atoms with van der Waals surface area (Å²) < 4.78 is 21.2. The summed E-state index contributed by atoms with van der Waals surface area (Å²) in [5, 5.41) is 0. The molecule has 0 aliphatic carbocycles. The van der Waals surface area contributed by atoms with Gasteiger partial charge < -0.3 is 13.9 Å². The number of aryl methyl sites for hydroxylation is 2. The number of hydrogen-bond donors (Lipinski definition) is 0. The smallest absolute Gasteiger partial charge is 0.289 e. The Kier molecular flexibility index (Phi) is 4.71. The predicted molar refractivity (Wildman–Crippen MR) is 87.3 cm³/mol. The number of amides is 1. The molecule has 0 bridgehead atoms. The van der Waals surface area contributed by atoms with E-state index in [1.165, 1.54) is 6.26 Å². The van der Waals surface area contributed by atoms with Gasteiger partial charge in [-0.3, -0.25) is 9.69 Å². The summed E-state index contributed by atoms with van der Waals surface area (Å²) in [6, 6.07) is 1.74. The number of alkyl halides is 1. The van der Waals surface area contributed by atoms with E-state index in [9.17, 15) is 9.18 Å². The van der Waals surface area contributed by atoms with Crippen LogP contribution in [0.25, 0.3) is 0 Å². The molecule has 0 spiro atoms. The maximum atomic E-state index is 14.0. The van der Waals surface area contributed by atoms with E-state index in [2.05, 4.69) is 9.88 Å². The van der Waals surface area contributed by atoms with Gasteiger partial charge in [0.1, 0.15) is 12.0 Å². The lowest BCUT2D eigenvalue weighted by molar-refractivity contribution is 0.0716. The average Bonchev–Trinajstić information content (AvgIpc) is 3.22. The molecule has 2 atom stereocenters. The third-order valence-corrected chi connectivity index (χ3v) is 4.63. The molecule has 0 N–H and O–H groups in total. The standard InChI is InChI=1S/C17H23FN4O2/c1-12-4-7-24-16(12)17(23)21(3)10-14-8-13(18)9-22(14)11-15-19-5-6-20(15)2/h4-7,13-14H,8-11H2,1-3H3/t13-,14-/m0/s1. The monoisotopic (exact) mass is 334 g/mol. The molecule has 0 radical (unpaired) electrons. The molecule has 1 aliphatic heterocycles. The van der Waals surface area contributed by atoms with Gasteiger partial charge in [0.25, 0.3) is 5.91 Å². The molecule has 7 heteroatoms. The molecule has 0 unspecified atom stereocenters. The molecule has 2 aromatic heterocycles. The van der Waals surface area contributed by atoms with E-state index < -0.39 is 6.17 Å². The van der Waals surface area contributed by atoms with Crippen molar-refractivity contribution in [3.63, 3.8) is 0 Å². The Morgan fingerprint density at radius 2 is 2.33 bits per heavy atom. The minimum absolute atomic E-state index is 0.0269. The van der Waals surface area contributed by atoms with Crippen molar-refractivity contribution in [1.29, 1.82) is 0 Å². The average molecular weight is 334 g/mol. The van der Waals surface area contributed by atoms with Crippen LogP contribution in [0, 0.1) is 6.92 Å². The fourth-order valence-corrected chi connectivity index (χ4v) is 3.20. The molecule has 0 saturated carbocycles. The van der Waals surface area contributed by atoms with E-state index in [1.807, 2.05) is 24.7 Å². The van der Waals surface area contributed by atoms with Gasteiger partial charge in [-0.05, 0) is 19.4 Å². The number of hydrogen-bond acceptors (Lipinski definition) is 4. The van der Waals surface area contributed by atoms with E-state index in [0.717, 1.165) is 11.4 Å². The number of nitrogens with zero attached hydrogens (tertiary/aromatic N) is 4. The Morgan fingerprint density at radius 3 is 2.96 bits per heavy atom. The van der Waals surface area contributed by atoms with Crippen molar-refractivity contribution < 1.29 is 13.6 Å². The summed E-state index contributed by atoms with van der Waals surface area (Å²) in [7, 11) is 3.66. The van der Waals surface area contributed by atoms with Gasteiger partial charge in [-0.25, -0.2) is 9.37 Å². The van der Waals surface area contributed by atoms with Gasteiger partial charge in [-0.1, -0.05) is 0 Å². The molecule has 1 saturated heterocycles. The van der Waals surface area contributed by atoms with E-state index in [4.69, 9.17) is 4.42 Å². The van der Waals surface area contributed by atoms with Crippen molar-refractivity contribution in [2.75, 3.05) is 20.1 Å². The van der Waals surface area contributed by atoms with Crippen LogP contribution in [0.1, 0.15) is 28.4 Å². The largest absolute Gasteiger partial charge is 0.459 e. The number of carbonyl (C=O) groups is 1. The maximum absolute atomic E-state index is 14.0. The topological polar surface area (TPSA) is 54.5 Å². The number of aromatic nitrogens is 2. The Morgan fingerprint density at radius 1 is 1.54 bits per heavy atom. The van der Waals surface area contributed by atoms with Crippen molar-refractivity contribution in [3.05, 3.63) is 41.9 Å². The lowest BCUT2D eigenvalue weighted by atomic mass is 10.2. The number of likely N-dealkylation sites (tertiary alicyclic amines) is 1. The van der Waals surface area contributed by atoms with E-state index >= 15 is 0 Å². The number of imidazole rings is 1. The summed E-state index contributed by atoms with van der Waals surface area (Å²) in [6.07, 6.45) is 4.69. The number of halogens is 1. The van der Waals surface area contributed by atoms with Crippen LogP contribution in [0.15, 0.2) is 29.1 Å². The molecule has 1 amide bonds.